The maximum Gasteiger partial charge on any atom is 0.243 e. The van der Waals surface area contributed by atoms with Gasteiger partial charge in [0.1, 0.15) is 25.1 Å². The minimum absolute atomic E-state index is 0.128. The van der Waals surface area contributed by atoms with Crippen LogP contribution in [-0.2, 0) is 29.0 Å². The third-order valence-corrected chi connectivity index (χ3v) is 7.47. The van der Waals surface area contributed by atoms with Crippen LogP contribution in [0.1, 0.15) is 48.8 Å². The summed E-state index contributed by atoms with van der Waals surface area (Å²) in [6.07, 6.45) is 5.24. The van der Waals surface area contributed by atoms with Crippen molar-refractivity contribution in [2.45, 2.75) is 63.6 Å². The Morgan fingerprint density at radius 1 is 0.872 bits per heavy atom. The van der Waals surface area contributed by atoms with Crippen LogP contribution in [0.4, 0.5) is 4.39 Å². The van der Waals surface area contributed by atoms with E-state index in [1.165, 1.54) is 12.1 Å². The van der Waals surface area contributed by atoms with E-state index in [0.717, 1.165) is 42.4 Å². The van der Waals surface area contributed by atoms with E-state index in [0.29, 0.717) is 37.6 Å². The first-order valence-corrected chi connectivity index (χ1v) is 13.8. The summed E-state index contributed by atoms with van der Waals surface area (Å²) in [5, 5.41) is 3.21. The van der Waals surface area contributed by atoms with Gasteiger partial charge in [-0.2, -0.15) is 0 Å². The second kappa shape index (κ2) is 12.8. The van der Waals surface area contributed by atoms with Crippen molar-refractivity contribution in [3.63, 3.8) is 0 Å². The molecule has 1 N–H and O–H groups in total. The molecule has 0 bridgehead atoms. The van der Waals surface area contributed by atoms with E-state index in [1.807, 2.05) is 48.5 Å². The van der Waals surface area contributed by atoms with E-state index in [2.05, 4.69) is 5.32 Å². The van der Waals surface area contributed by atoms with E-state index in [1.54, 1.807) is 17.0 Å². The van der Waals surface area contributed by atoms with Crippen molar-refractivity contribution in [3.05, 3.63) is 95.3 Å². The molecule has 0 saturated heterocycles. The van der Waals surface area contributed by atoms with Crippen molar-refractivity contribution in [2.24, 2.45) is 0 Å². The van der Waals surface area contributed by atoms with Gasteiger partial charge in [0, 0.05) is 25.4 Å². The molecule has 1 aliphatic carbocycles. The van der Waals surface area contributed by atoms with Crippen molar-refractivity contribution in [2.75, 3.05) is 13.2 Å². The smallest absolute Gasteiger partial charge is 0.243 e. The molecule has 0 unspecified atom stereocenters. The zero-order valence-corrected chi connectivity index (χ0v) is 22.1. The van der Waals surface area contributed by atoms with Gasteiger partial charge in [-0.15, -0.1) is 0 Å². The first-order chi connectivity index (χ1) is 19.0. The average Bonchev–Trinajstić information content (AvgIpc) is 3.48. The summed E-state index contributed by atoms with van der Waals surface area (Å²) in [6.45, 7) is 1.24. The van der Waals surface area contributed by atoms with E-state index in [9.17, 15) is 14.0 Å². The molecule has 7 heteroatoms. The van der Waals surface area contributed by atoms with Crippen molar-refractivity contribution in [3.8, 4) is 11.5 Å². The number of carbonyl (C=O) groups is 2. The predicted octanol–water partition coefficient (Wildman–Crippen LogP) is 5.23. The maximum atomic E-state index is 13.9. The summed E-state index contributed by atoms with van der Waals surface area (Å²) in [5.41, 5.74) is 2.72. The molecule has 2 amide bonds. The molecule has 5 rings (SSSR count). The summed E-state index contributed by atoms with van der Waals surface area (Å²) in [7, 11) is 0. The van der Waals surface area contributed by atoms with Crippen LogP contribution in [0, 0.1) is 5.82 Å². The highest BCUT2D eigenvalue weighted by atomic mass is 19.1. The van der Waals surface area contributed by atoms with Gasteiger partial charge >= 0.3 is 0 Å². The number of rotatable bonds is 10. The first-order valence-electron chi connectivity index (χ1n) is 13.8. The fraction of sp³-hybridized carbons (Fsp3) is 0.375. The minimum Gasteiger partial charge on any atom is -0.486 e. The number of halogens is 1. The van der Waals surface area contributed by atoms with Gasteiger partial charge in [0.15, 0.2) is 11.5 Å². The SMILES string of the molecule is O=C(NC1CCCC1)[C@H](Cc1ccccc1)N(Cc1ccc(F)cc1)C(=O)CCc1ccc2c(c1)OCCO2. The highest BCUT2D eigenvalue weighted by Crippen LogP contribution is 2.31. The summed E-state index contributed by atoms with van der Waals surface area (Å²) < 4.78 is 25.0. The number of nitrogens with one attached hydrogen (secondary N) is 1. The van der Waals surface area contributed by atoms with Crippen LogP contribution in [0.2, 0.25) is 0 Å². The number of benzene rings is 3. The lowest BCUT2D eigenvalue weighted by atomic mass is 10.0. The number of carbonyl (C=O) groups excluding carboxylic acids is 2. The Balaban J connectivity index is 1.39. The Morgan fingerprint density at radius 3 is 2.31 bits per heavy atom. The van der Waals surface area contributed by atoms with E-state index < -0.39 is 6.04 Å². The van der Waals surface area contributed by atoms with Crippen molar-refractivity contribution in [1.82, 2.24) is 10.2 Å². The molecule has 0 aromatic heterocycles. The molecular formula is C32H35FN2O4. The number of hydrogen-bond donors (Lipinski definition) is 1. The zero-order valence-electron chi connectivity index (χ0n) is 22.1. The van der Waals surface area contributed by atoms with Crippen LogP contribution in [0.3, 0.4) is 0 Å². The Kier molecular flexibility index (Phi) is 8.76. The largest absolute Gasteiger partial charge is 0.486 e. The maximum absolute atomic E-state index is 13.9. The lowest BCUT2D eigenvalue weighted by Crippen LogP contribution is -2.52. The summed E-state index contributed by atoms with van der Waals surface area (Å²) >= 11 is 0. The van der Waals surface area contributed by atoms with Crippen LogP contribution in [0.15, 0.2) is 72.8 Å². The van der Waals surface area contributed by atoms with E-state index in [4.69, 9.17) is 9.47 Å². The molecule has 0 radical (unpaired) electrons. The van der Waals surface area contributed by atoms with Crippen molar-refractivity contribution in [1.29, 1.82) is 0 Å². The predicted molar refractivity (Wildman–Crippen MR) is 147 cm³/mol. The highest BCUT2D eigenvalue weighted by molar-refractivity contribution is 5.88. The molecule has 39 heavy (non-hydrogen) atoms. The highest BCUT2D eigenvalue weighted by Gasteiger charge is 2.32. The monoisotopic (exact) mass is 530 g/mol. The number of amides is 2. The van der Waals surface area contributed by atoms with Crippen LogP contribution in [0.25, 0.3) is 0 Å². The van der Waals surface area contributed by atoms with Gasteiger partial charge in [0.25, 0.3) is 0 Å². The first kappa shape index (κ1) is 26.7. The summed E-state index contributed by atoms with van der Waals surface area (Å²) in [5.74, 6) is 0.792. The second-order valence-corrected chi connectivity index (χ2v) is 10.3. The molecule has 3 aromatic rings. The normalized spacial score (nSPS) is 15.5. The molecule has 3 aromatic carbocycles. The summed E-state index contributed by atoms with van der Waals surface area (Å²) in [6, 6.07) is 21.1. The van der Waals surface area contributed by atoms with Gasteiger partial charge in [-0.3, -0.25) is 9.59 Å². The lowest BCUT2D eigenvalue weighted by Gasteiger charge is -2.32. The number of hydrogen-bond acceptors (Lipinski definition) is 4. The topological polar surface area (TPSA) is 67.9 Å². The Bertz CT molecular complexity index is 1260. The zero-order chi connectivity index (χ0) is 27.0. The molecule has 1 atom stereocenters. The second-order valence-electron chi connectivity index (χ2n) is 10.3. The van der Waals surface area contributed by atoms with Gasteiger partial charge in [0.2, 0.25) is 11.8 Å². The number of ether oxygens (including phenoxy) is 2. The van der Waals surface area contributed by atoms with Gasteiger partial charge in [-0.1, -0.05) is 61.4 Å². The van der Waals surface area contributed by atoms with Crippen LogP contribution in [-0.4, -0.2) is 42.0 Å². The lowest BCUT2D eigenvalue weighted by molar-refractivity contribution is -0.141. The minimum atomic E-state index is -0.689. The van der Waals surface area contributed by atoms with Crippen molar-refractivity contribution < 1.29 is 23.5 Å². The molecule has 1 fully saturated rings. The van der Waals surface area contributed by atoms with Gasteiger partial charge in [0.05, 0.1) is 0 Å². The Labute approximate surface area is 229 Å². The Morgan fingerprint density at radius 2 is 1.56 bits per heavy atom. The number of fused-ring (bicyclic) bond motifs is 1. The molecular weight excluding hydrogens is 495 g/mol. The quantitative estimate of drug-likeness (QED) is 0.390. The standard InChI is InChI=1S/C32H35FN2O4/c33-26-14-10-25(11-15-26)22-35(31(36)17-13-24-12-16-29-30(21-24)39-19-18-38-29)28(20-23-6-2-1-3-7-23)32(37)34-27-8-4-5-9-27/h1-3,6-7,10-12,14-16,21,27-28H,4-5,8-9,13,17-20,22H2,(H,34,37)/t28-/m0/s1. The molecule has 2 aliphatic rings. The van der Waals surface area contributed by atoms with Crippen molar-refractivity contribution >= 4 is 11.8 Å². The third kappa shape index (κ3) is 7.16. The molecule has 1 aliphatic heterocycles. The molecule has 1 heterocycles. The van der Waals surface area contributed by atoms with Gasteiger partial charge in [-0.05, 0) is 60.2 Å². The number of aryl methyl sites for hydroxylation is 1. The number of nitrogens with zero attached hydrogens (tertiary/aromatic N) is 1. The van der Waals surface area contributed by atoms with E-state index >= 15 is 0 Å². The summed E-state index contributed by atoms with van der Waals surface area (Å²) in [4.78, 5) is 29.3. The van der Waals surface area contributed by atoms with Crippen LogP contribution < -0.4 is 14.8 Å². The average molecular weight is 531 g/mol. The molecule has 1 saturated carbocycles. The van der Waals surface area contributed by atoms with E-state index in [-0.39, 0.29) is 36.6 Å². The van der Waals surface area contributed by atoms with Crippen LogP contribution in [0.5, 0.6) is 11.5 Å². The Hall–Kier alpha value is -3.87. The molecule has 204 valence electrons. The molecule has 6 nitrogen and oxygen atoms in total. The molecule has 0 spiro atoms. The fourth-order valence-corrected chi connectivity index (χ4v) is 5.35. The fourth-order valence-electron chi connectivity index (χ4n) is 5.35. The van der Waals surface area contributed by atoms with Gasteiger partial charge < -0.3 is 19.7 Å². The third-order valence-electron chi connectivity index (χ3n) is 7.47. The van der Waals surface area contributed by atoms with Gasteiger partial charge in [-0.25, -0.2) is 4.39 Å². The van der Waals surface area contributed by atoms with Crippen LogP contribution >= 0.6 is 0 Å².